The Kier molecular flexibility index (Phi) is 3.40. The van der Waals surface area contributed by atoms with Crippen LogP contribution in [0.2, 0.25) is 0 Å². The van der Waals surface area contributed by atoms with E-state index in [1.54, 1.807) is 0 Å². The maximum absolute atomic E-state index is 10.8. The predicted molar refractivity (Wildman–Crippen MR) is 81.8 cm³/mol. The Bertz CT molecular complexity index is 613. The third kappa shape index (κ3) is 2.28. The minimum absolute atomic E-state index is 0.394. The number of hydrogen-bond acceptors (Lipinski definition) is 3. The molecule has 2 aromatic carbocycles. The summed E-state index contributed by atoms with van der Waals surface area (Å²) in [7, 11) is 0. The molecule has 1 saturated carbocycles. The number of rotatable bonds is 3. The topological polar surface area (TPSA) is 43.7 Å². The normalized spacial score (nSPS) is 26.1. The van der Waals surface area contributed by atoms with E-state index in [4.69, 9.17) is 0 Å². The molecule has 3 nitrogen and oxygen atoms in total. The number of hydrogen-bond donors (Lipinski definition) is 2. The minimum atomic E-state index is -0.920. The monoisotopic (exact) mass is 271 g/mol. The molecule has 20 heavy (non-hydrogen) atoms. The van der Waals surface area contributed by atoms with Crippen LogP contribution in [0.5, 0.6) is 0 Å². The number of fused-ring (bicyclic) bond motifs is 1. The molecule has 1 aliphatic rings. The third-order valence-electron chi connectivity index (χ3n) is 4.30. The van der Waals surface area contributed by atoms with Crippen molar-refractivity contribution in [2.45, 2.75) is 38.0 Å². The van der Waals surface area contributed by atoms with Crippen LogP contribution in [-0.2, 0) is 0 Å². The fourth-order valence-electron chi connectivity index (χ4n) is 3.29. The highest BCUT2D eigenvalue weighted by molar-refractivity contribution is 5.86. The van der Waals surface area contributed by atoms with E-state index in [9.17, 15) is 10.2 Å². The summed E-state index contributed by atoms with van der Waals surface area (Å²) in [5.74, 6) is 0. The van der Waals surface area contributed by atoms with Crippen molar-refractivity contribution in [3.05, 3.63) is 42.5 Å². The summed E-state index contributed by atoms with van der Waals surface area (Å²) in [5.41, 5.74) is 0.0965. The SMILES string of the molecule is CCN(c1ccc2ccccc2c1)C1(O)CCC(O)C1. The van der Waals surface area contributed by atoms with Crippen LogP contribution in [0.4, 0.5) is 5.69 Å². The second kappa shape index (κ2) is 5.08. The summed E-state index contributed by atoms with van der Waals surface area (Å²) >= 11 is 0. The van der Waals surface area contributed by atoms with E-state index in [-0.39, 0.29) is 0 Å². The van der Waals surface area contributed by atoms with Gasteiger partial charge < -0.3 is 15.1 Å². The highest BCUT2D eigenvalue weighted by atomic mass is 16.3. The first kappa shape index (κ1) is 13.4. The van der Waals surface area contributed by atoms with Crippen molar-refractivity contribution < 1.29 is 10.2 Å². The van der Waals surface area contributed by atoms with Gasteiger partial charge in [-0.25, -0.2) is 0 Å². The Morgan fingerprint density at radius 2 is 1.95 bits per heavy atom. The molecule has 0 aromatic heterocycles. The molecule has 2 N–H and O–H groups in total. The quantitative estimate of drug-likeness (QED) is 0.844. The van der Waals surface area contributed by atoms with Gasteiger partial charge in [-0.1, -0.05) is 30.3 Å². The Morgan fingerprint density at radius 3 is 2.60 bits per heavy atom. The molecule has 3 rings (SSSR count). The molecular formula is C17H21NO2. The first-order valence-electron chi connectivity index (χ1n) is 7.29. The average molecular weight is 271 g/mol. The number of aliphatic hydroxyl groups excluding tert-OH is 1. The van der Waals surface area contributed by atoms with Crippen molar-refractivity contribution >= 4 is 16.5 Å². The lowest BCUT2D eigenvalue weighted by molar-refractivity contribution is 0.0298. The first-order valence-corrected chi connectivity index (χ1v) is 7.29. The van der Waals surface area contributed by atoms with Crippen LogP contribution in [0.1, 0.15) is 26.2 Å². The molecule has 0 amide bonds. The summed E-state index contributed by atoms with van der Waals surface area (Å²) in [6.07, 6.45) is 1.32. The van der Waals surface area contributed by atoms with Crippen molar-refractivity contribution in [3.63, 3.8) is 0 Å². The molecule has 0 saturated heterocycles. The van der Waals surface area contributed by atoms with E-state index >= 15 is 0 Å². The molecule has 0 heterocycles. The molecule has 0 bridgehead atoms. The van der Waals surface area contributed by atoms with E-state index in [2.05, 4.69) is 30.3 Å². The van der Waals surface area contributed by atoms with Crippen molar-refractivity contribution in [1.29, 1.82) is 0 Å². The van der Waals surface area contributed by atoms with Crippen LogP contribution in [0.3, 0.4) is 0 Å². The molecule has 3 heteroatoms. The van der Waals surface area contributed by atoms with Gasteiger partial charge in [0.2, 0.25) is 0 Å². The molecule has 2 unspecified atom stereocenters. The van der Waals surface area contributed by atoms with E-state index in [0.29, 0.717) is 19.3 Å². The molecule has 0 radical (unpaired) electrons. The van der Waals surface area contributed by atoms with Gasteiger partial charge in [0.05, 0.1) is 6.10 Å². The van der Waals surface area contributed by atoms with Gasteiger partial charge in [-0.2, -0.15) is 0 Å². The summed E-state index contributed by atoms with van der Waals surface area (Å²) in [6, 6.07) is 14.5. The summed E-state index contributed by atoms with van der Waals surface area (Å²) < 4.78 is 0. The van der Waals surface area contributed by atoms with E-state index in [1.165, 1.54) is 10.8 Å². The van der Waals surface area contributed by atoms with Crippen molar-refractivity contribution in [2.24, 2.45) is 0 Å². The van der Waals surface area contributed by atoms with Crippen LogP contribution in [0.25, 0.3) is 10.8 Å². The fourth-order valence-corrected chi connectivity index (χ4v) is 3.29. The van der Waals surface area contributed by atoms with Gasteiger partial charge in [-0.05, 0) is 42.7 Å². The van der Waals surface area contributed by atoms with Crippen LogP contribution >= 0.6 is 0 Å². The average Bonchev–Trinajstić information content (AvgIpc) is 2.80. The molecular weight excluding hydrogens is 250 g/mol. The van der Waals surface area contributed by atoms with Crippen LogP contribution in [0, 0.1) is 0 Å². The smallest absolute Gasteiger partial charge is 0.140 e. The van der Waals surface area contributed by atoms with Crippen molar-refractivity contribution in [3.8, 4) is 0 Å². The lowest BCUT2D eigenvalue weighted by Crippen LogP contribution is -2.47. The summed E-state index contributed by atoms with van der Waals surface area (Å²) in [4.78, 5) is 2.01. The lowest BCUT2D eigenvalue weighted by atomic mass is 10.1. The second-order valence-electron chi connectivity index (χ2n) is 5.65. The standard InChI is InChI=1S/C17H21NO2/c1-2-18(17(20)10-9-16(19)12-17)15-8-7-13-5-3-4-6-14(13)11-15/h3-8,11,16,19-20H,2,9-10,12H2,1H3. The first-order chi connectivity index (χ1) is 9.62. The highest BCUT2D eigenvalue weighted by Gasteiger charge is 2.41. The second-order valence-corrected chi connectivity index (χ2v) is 5.65. The zero-order valence-electron chi connectivity index (χ0n) is 11.8. The highest BCUT2D eigenvalue weighted by Crippen LogP contribution is 2.37. The van der Waals surface area contributed by atoms with Gasteiger partial charge in [0.1, 0.15) is 5.72 Å². The Balaban J connectivity index is 1.99. The van der Waals surface area contributed by atoms with Gasteiger partial charge in [-0.15, -0.1) is 0 Å². The summed E-state index contributed by atoms with van der Waals surface area (Å²) in [6.45, 7) is 2.76. The molecule has 2 aromatic rings. The van der Waals surface area contributed by atoms with Crippen LogP contribution in [-0.4, -0.2) is 28.6 Å². The molecule has 1 fully saturated rings. The van der Waals surface area contributed by atoms with E-state index < -0.39 is 11.8 Å². The van der Waals surface area contributed by atoms with Crippen LogP contribution in [0.15, 0.2) is 42.5 Å². The lowest BCUT2D eigenvalue weighted by Gasteiger charge is -2.38. The molecule has 2 atom stereocenters. The molecule has 106 valence electrons. The zero-order valence-corrected chi connectivity index (χ0v) is 11.8. The van der Waals surface area contributed by atoms with Gasteiger partial charge in [0.15, 0.2) is 0 Å². The van der Waals surface area contributed by atoms with E-state index in [1.807, 2.05) is 24.0 Å². The van der Waals surface area contributed by atoms with Gasteiger partial charge in [0, 0.05) is 18.7 Å². The van der Waals surface area contributed by atoms with Gasteiger partial charge in [-0.3, -0.25) is 0 Å². The van der Waals surface area contributed by atoms with Gasteiger partial charge in [0.25, 0.3) is 0 Å². The van der Waals surface area contributed by atoms with Crippen molar-refractivity contribution in [2.75, 3.05) is 11.4 Å². The maximum Gasteiger partial charge on any atom is 0.140 e. The predicted octanol–water partition coefficient (Wildman–Crippen LogP) is 2.90. The van der Waals surface area contributed by atoms with Crippen LogP contribution < -0.4 is 4.90 Å². The third-order valence-corrected chi connectivity index (χ3v) is 4.30. The molecule has 1 aliphatic carbocycles. The Morgan fingerprint density at radius 1 is 1.20 bits per heavy atom. The Hall–Kier alpha value is -1.58. The molecule has 0 spiro atoms. The summed E-state index contributed by atoms with van der Waals surface area (Å²) in [5, 5.41) is 22.9. The fraction of sp³-hybridized carbons (Fsp3) is 0.412. The minimum Gasteiger partial charge on any atom is -0.393 e. The van der Waals surface area contributed by atoms with Crippen molar-refractivity contribution in [1.82, 2.24) is 0 Å². The molecule has 0 aliphatic heterocycles. The zero-order chi connectivity index (χ0) is 14.2. The Labute approximate surface area is 119 Å². The number of nitrogens with zero attached hydrogens (tertiary/aromatic N) is 1. The number of aliphatic hydroxyl groups is 2. The number of benzene rings is 2. The largest absolute Gasteiger partial charge is 0.393 e. The number of anilines is 1. The van der Waals surface area contributed by atoms with E-state index in [0.717, 1.165) is 12.2 Å². The maximum atomic E-state index is 10.8. The van der Waals surface area contributed by atoms with Gasteiger partial charge >= 0.3 is 0 Å².